The molecule has 0 saturated carbocycles. The summed E-state index contributed by atoms with van der Waals surface area (Å²) in [6.07, 6.45) is 2.56. The third-order valence-electron chi connectivity index (χ3n) is 5.19. The third-order valence-corrected chi connectivity index (χ3v) is 6.10. The number of carbonyl (C=O) groups excluding carboxylic acids is 1. The lowest BCUT2D eigenvalue weighted by atomic mass is 9.88. The van der Waals surface area contributed by atoms with Gasteiger partial charge in [-0.1, -0.05) is 0 Å². The number of rotatable bonds is 5. The Balaban J connectivity index is 1.82. The van der Waals surface area contributed by atoms with E-state index in [1.165, 1.54) is 11.7 Å². The van der Waals surface area contributed by atoms with Crippen molar-refractivity contribution in [3.8, 4) is 5.69 Å². The molecule has 2 fully saturated rings. The van der Waals surface area contributed by atoms with Gasteiger partial charge in [0.15, 0.2) is 5.82 Å². The van der Waals surface area contributed by atoms with Gasteiger partial charge in [-0.2, -0.15) is 5.10 Å². The number of ether oxygens (including phenoxy) is 1. The molecule has 4 rings (SSSR count). The lowest BCUT2D eigenvalue weighted by molar-refractivity contribution is -0.120. The fraction of sp³-hybridized carbons (Fsp3) is 0.471. The number of fused-ring (bicyclic) bond motifs is 2. The first-order valence-corrected chi connectivity index (χ1v) is 10.5. The predicted molar refractivity (Wildman–Crippen MR) is 95.7 cm³/mol. The van der Waals surface area contributed by atoms with E-state index in [9.17, 15) is 17.6 Å². The van der Waals surface area contributed by atoms with Gasteiger partial charge < -0.3 is 10.1 Å². The molecule has 2 aliphatic rings. The molecule has 2 saturated heterocycles. The molecule has 3 atom stereocenters. The van der Waals surface area contributed by atoms with E-state index in [1.54, 1.807) is 0 Å². The van der Waals surface area contributed by atoms with Gasteiger partial charge in [0.1, 0.15) is 17.3 Å². The molecule has 150 valence electrons. The van der Waals surface area contributed by atoms with Crippen molar-refractivity contribution < 1.29 is 22.3 Å². The summed E-state index contributed by atoms with van der Waals surface area (Å²) < 4.78 is 45.2. The highest BCUT2D eigenvalue weighted by Crippen LogP contribution is 2.44. The van der Waals surface area contributed by atoms with Crippen molar-refractivity contribution in [2.24, 2.45) is 5.14 Å². The molecule has 0 radical (unpaired) electrons. The molecule has 2 bridgehead atoms. The molecule has 2 aliphatic heterocycles. The van der Waals surface area contributed by atoms with Crippen LogP contribution in [-0.4, -0.2) is 48.3 Å². The number of likely N-dealkylation sites (N-methyl/N-ethyl adjacent to an activating group) is 1. The second-order valence-corrected chi connectivity index (χ2v) is 8.58. The number of sulfonamides is 1. The van der Waals surface area contributed by atoms with Gasteiger partial charge in [0.2, 0.25) is 15.9 Å². The van der Waals surface area contributed by atoms with E-state index >= 15 is 0 Å². The van der Waals surface area contributed by atoms with E-state index in [1.807, 2.05) is 0 Å². The fourth-order valence-electron chi connectivity index (χ4n) is 3.83. The summed E-state index contributed by atoms with van der Waals surface area (Å²) in [5.74, 6) is -0.392. The summed E-state index contributed by atoms with van der Waals surface area (Å²) in [6.45, 7) is 0. The Labute approximate surface area is 161 Å². The van der Waals surface area contributed by atoms with Crippen LogP contribution in [0.25, 0.3) is 5.69 Å². The van der Waals surface area contributed by atoms with Crippen molar-refractivity contribution in [2.45, 2.75) is 48.7 Å². The molecule has 0 aliphatic carbocycles. The Hall–Kier alpha value is -2.37. The quantitative estimate of drug-likeness (QED) is 0.734. The van der Waals surface area contributed by atoms with Crippen LogP contribution < -0.4 is 10.5 Å². The number of nitrogens with two attached hydrogens (primary N) is 1. The highest BCUT2D eigenvalue weighted by molar-refractivity contribution is 7.89. The summed E-state index contributed by atoms with van der Waals surface area (Å²) in [6, 6.07) is 3.24. The fourth-order valence-corrected chi connectivity index (χ4v) is 4.37. The molecule has 1 aromatic heterocycles. The van der Waals surface area contributed by atoms with Gasteiger partial charge in [0.05, 0.1) is 23.5 Å². The van der Waals surface area contributed by atoms with Crippen LogP contribution in [0.4, 0.5) is 4.39 Å². The first-order chi connectivity index (χ1) is 13.3. The van der Waals surface area contributed by atoms with Crippen molar-refractivity contribution in [3.63, 3.8) is 0 Å². The van der Waals surface area contributed by atoms with Crippen LogP contribution in [0.1, 0.15) is 36.8 Å². The van der Waals surface area contributed by atoms with Crippen LogP contribution in [0.3, 0.4) is 0 Å². The van der Waals surface area contributed by atoms with Crippen molar-refractivity contribution in [2.75, 3.05) is 7.05 Å². The molecule has 9 nitrogen and oxygen atoms in total. The molecular weight excluding hydrogens is 389 g/mol. The minimum atomic E-state index is -4.02. The van der Waals surface area contributed by atoms with Crippen LogP contribution in [0, 0.1) is 5.82 Å². The van der Waals surface area contributed by atoms with Gasteiger partial charge in [0, 0.05) is 13.0 Å². The Morgan fingerprint density at radius 3 is 2.82 bits per heavy atom. The Kier molecular flexibility index (Phi) is 4.68. The van der Waals surface area contributed by atoms with Crippen molar-refractivity contribution in [1.29, 1.82) is 0 Å². The SMILES string of the molecule is CNC(=O)Cc1nc([C@@H]2C[C@@H]3CC[C@H]2O3)n(-c2cc(S(N)(=O)=O)ccc2F)n1. The number of halogens is 1. The number of hydrogen-bond donors (Lipinski definition) is 2. The lowest BCUT2D eigenvalue weighted by Gasteiger charge is -2.18. The molecule has 2 aromatic rings. The molecule has 1 aromatic carbocycles. The van der Waals surface area contributed by atoms with Gasteiger partial charge in [-0.25, -0.2) is 27.6 Å². The van der Waals surface area contributed by atoms with E-state index in [0.29, 0.717) is 5.82 Å². The minimum absolute atomic E-state index is 0.0507. The normalized spacial score (nSPS) is 23.9. The highest BCUT2D eigenvalue weighted by Gasteiger charge is 2.44. The minimum Gasteiger partial charge on any atom is -0.374 e. The number of benzene rings is 1. The standard InChI is InChI=1S/C17H20FN5O4S/c1-20-16(24)8-15-21-17(11-6-9-2-5-14(11)27-9)23(22-15)13-7-10(28(19,25)26)3-4-12(13)18/h3-4,7,9,11,14H,2,5-6,8H2,1H3,(H,20,24)(H2,19,25,26)/t9-,11+,14+/m0/s1. The maximum absolute atomic E-state index is 14.6. The topological polar surface area (TPSA) is 129 Å². The van der Waals surface area contributed by atoms with Crippen molar-refractivity contribution in [1.82, 2.24) is 20.1 Å². The van der Waals surface area contributed by atoms with E-state index in [4.69, 9.17) is 9.88 Å². The average molecular weight is 409 g/mol. The number of nitrogens with zero attached hydrogens (tertiary/aromatic N) is 3. The smallest absolute Gasteiger partial charge is 0.238 e. The number of hydrogen-bond acceptors (Lipinski definition) is 6. The Morgan fingerprint density at radius 2 is 2.21 bits per heavy atom. The van der Waals surface area contributed by atoms with Gasteiger partial charge in [0.25, 0.3) is 0 Å². The Morgan fingerprint density at radius 1 is 1.43 bits per heavy atom. The maximum Gasteiger partial charge on any atom is 0.238 e. The Bertz CT molecular complexity index is 1040. The zero-order valence-electron chi connectivity index (χ0n) is 15.1. The van der Waals surface area contributed by atoms with E-state index < -0.39 is 15.8 Å². The van der Waals surface area contributed by atoms with Crippen LogP contribution in [0.15, 0.2) is 23.1 Å². The summed E-state index contributed by atoms with van der Waals surface area (Å²) in [7, 11) is -2.52. The van der Waals surface area contributed by atoms with Gasteiger partial charge in [-0.05, 0) is 37.5 Å². The lowest BCUT2D eigenvalue weighted by Crippen LogP contribution is -2.20. The molecule has 0 unspecified atom stereocenters. The van der Waals surface area contributed by atoms with Gasteiger partial charge in [-0.15, -0.1) is 0 Å². The number of aromatic nitrogens is 3. The number of primary sulfonamides is 1. The van der Waals surface area contributed by atoms with Gasteiger partial charge >= 0.3 is 0 Å². The highest BCUT2D eigenvalue weighted by atomic mass is 32.2. The first-order valence-electron chi connectivity index (χ1n) is 8.91. The van der Waals surface area contributed by atoms with Crippen LogP contribution in [0.5, 0.6) is 0 Å². The largest absolute Gasteiger partial charge is 0.374 e. The predicted octanol–water partition coefficient (Wildman–Crippen LogP) is 0.377. The summed E-state index contributed by atoms with van der Waals surface area (Å²) in [4.78, 5) is 16.0. The average Bonchev–Trinajstić information content (AvgIpc) is 3.36. The molecule has 3 N–H and O–H groups in total. The van der Waals surface area contributed by atoms with E-state index in [-0.39, 0.29) is 46.9 Å². The molecule has 28 heavy (non-hydrogen) atoms. The van der Waals surface area contributed by atoms with Crippen LogP contribution in [-0.2, 0) is 26.0 Å². The second kappa shape index (κ2) is 6.90. The second-order valence-electron chi connectivity index (χ2n) is 7.02. The van der Waals surface area contributed by atoms with Crippen molar-refractivity contribution in [3.05, 3.63) is 35.7 Å². The summed E-state index contributed by atoms with van der Waals surface area (Å²) in [5, 5.41) is 12.0. The monoisotopic (exact) mass is 409 g/mol. The number of nitrogens with one attached hydrogen (secondary N) is 1. The summed E-state index contributed by atoms with van der Waals surface area (Å²) in [5.41, 5.74) is -0.0834. The molecule has 3 heterocycles. The van der Waals surface area contributed by atoms with E-state index in [0.717, 1.165) is 37.5 Å². The number of amides is 1. The zero-order chi connectivity index (χ0) is 20.1. The maximum atomic E-state index is 14.6. The van der Waals surface area contributed by atoms with Crippen LogP contribution >= 0.6 is 0 Å². The molecule has 11 heteroatoms. The zero-order valence-corrected chi connectivity index (χ0v) is 15.9. The van der Waals surface area contributed by atoms with Crippen LogP contribution in [0.2, 0.25) is 0 Å². The number of carbonyl (C=O) groups is 1. The first kappa shape index (κ1) is 19.0. The molecule has 0 spiro atoms. The third kappa shape index (κ3) is 3.40. The van der Waals surface area contributed by atoms with Gasteiger partial charge in [-0.3, -0.25) is 4.79 Å². The molecule has 1 amide bonds. The van der Waals surface area contributed by atoms with E-state index in [2.05, 4.69) is 15.4 Å². The molecular formula is C17H20FN5O4S. The van der Waals surface area contributed by atoms with Crippen molar-refractivity contribution >= 4 is 15.9 Å². The summed E-state index contributed by atoms with van der Waals surface area (Å²) >= 11 is 0.